The summed E-state index contributed by atoms with van der Waals surface area (Å²) in [5.74, 6) is -0.641. The van der Waals surface area contributed by atoms with Gasteiger partial charge in [-0.1, -0.05) is 6.92 Å². The van der Waals surface area contributed by atoms with Crippen LogP contribution in [-0.2, 0) is 9.53 Å². The Kier molecular flexibility index (Phi) is 5.39. The number of carboxylic acids is 1. The van der Waals surface area contributed by atoms with Crippen molar-refractivity contribution in [2.45, 2.75) is 65.0 Å². The Morgan fingerprint density at radius 1 is 1.53 bits per heavy atom. The van der Waals surface area contributed by atoms with Crippen LogP contribution in [0.3, 0.4) is 0 Å². The zero-order chi connectivity index (χ0) is 14.7. The molecule has 0 bridgehead atoms. The molecule has 0 radical (unpaired) electrons. The molecule has 0 spiro atoms. The van der Waals surface area contributed by atoms with E-state index in [0.29, 0.717) is 19.0 Å². The van der Waals surface area contributed by atoms with Crippen molar-refractivity contribution >= 4 is 5.97 Å². The van der Waals surface area contributed by atoms with Crippen molar-refractivity contribution in [1.82, 2.24) is 4.90 Å². The predicted octanol–water partition coefficient (Wildman–Crippen LogP) is 2.77. The Morgan fingerprint density at radius 3 is 2.63 bits per heavy atom. The van der Waals surface area contributed by atoms with Gasteiger partial charge in [-0.05, 0) is 53.0 Å². The van der Waals surface area contributed by atoms with Crippen LogP contribution >= 0.6 is 0 Å². The van der Waals surface area contributed by atoms with E-state index in [-0.39, 0.29) is 5.60 Å². The Morgan fingerprint density at radius 2 is 2.16 bits per heavy atom. The van der Waals surface area contributed by atoms with Crippen LogP contribution in [-0.4, -0.2) is 47.8 Å². The highest BCUT2D eigenvalue weighted by Crippen LogP contribution is 2.35. The normalized spacial score (nSPS) is 27.2. The number of hydrogen-bond donors (Lipinski definition) is 1. The number of carbonyl (C=O) groups is 1. The van der Waals surface area contributed by atoms with Crippen LogP contribution in [0.15, 0.2) is 0 Å². The smallest absolute Gasteiger partial charge is 0.310 e. The summed E-state index contributed by atoms with van der Waals surface area (Å²) in [6.45, 7) is 9.99. The van der Waals surface area contributed by atoms with E-state index in [1.807, 2.05) is 6.92 Å². The molecule has 0 aromatic carbocycles. The zero-order valence-electron chi connectivity index (χ0n) is 13.0. The third kappa shape index (κ3) is 3.93. The number of hydrogen-bond acceptors (Lipinski definition) is 3. The first kappa shape index (κ1) is 16.4. The predicted molar refractivity (Wildman–Crippen MR) is 76.3 cm³/mol. The minimum absolute atomic E-state index is 0.158. The van der Waals surface area contributed by atoms with Crippen LogP contribution < -0.4 is 0 Å². The molecule has 1 heterocycles. The Hall–Kier alpha value is -0.610. The average Bonchev–Trinajstić information content (AvgIpc) is 2.38. The molecule has 1 aliphatic rings. The third-order valence-corrected chi connectivity index (χ3v) is 4.70. The minimum Gasteiger partial charge on any atom is -0.481 e. The standard InChI is InChI=1S/C15H29NO3/c1-6-15(13(17)18)8-7-9-16(11-15)12(2)10-14(3,4)19-5/h12H,6-11H2,1-5H3,(H,17,18). The van der Waals surface area contributed by atoms with Gasteiger partial charge in [-0.15, -0.1) is 0 Å². The summed E-state index contributed by atoms with van der Waals surface area (Å²) in [5, 5.41) is 9.52. The summed E-state index contributed by atoms with van der Waals surface area (Å²) in [7, 11) is 1.73. The second kappa shape index (κ2) is 6.23. The first-order valence-corrected chi connectivity index (χ1v) is 7.29. The molecule has 4 nitrogen and oxygen atoms in total. The second-order valence-corrected chi connectivity index (χ2v) is 6.53. The molecule has 1 N–H and O–H groups in total. The lowest BCUT2D eigenvalue weighted by Gasteiger charge is -2.43. The number of ether oxygens (including phenoxy) is 1. The van der Waals surface area contributed by atoms with E-state index < -0.39 is 11.4 Å². The Labute approximate surface area is 117 Å². The minimum atomic E-state index is -0.641. The molecule has 1 aliphatic heterocycles. The molecule has 1 saturated heterocycles. The van der Waals surface area contributed by atoms with Gasteiger partial charge in [0.1, 0.15) is 0 Å². The molecular weight excluding hydrogens is 242 g/mol. The summed E-state index contributed by atoms with van der Waals surface area (Å²) < 4.78 is 5.48. The van der Waals surface area contributed by atoms with Gasteiger partial charge in [0.15, 0.2) is 0 Å². The van der Waals surface area contributed by atoms with Crippen molar-refractivity contribution in [3.8, 4) is 0 Å². The molecule has 4 heteroatoms. The van der Waals surface area contributed by atoms with Crippen molar-refractivity contribution in [2.24, 2.45) is 5.41 Å². The van der Waals surface area contributed by atoms with Crippen LogP contribution in [0, 0.1) is 5.41 Å². The number of rotatable bonds is 6. The first-order chi connectivity index (χ1) is 8.76. The van der Waals surface area contributed by atoms with Crippen LogP contribution in [0.25, 0.3) is 0 Å². The van der Waals surface area contributed by atoms with Gasteiger partial charge in [0.05, 0.1) is 11.0 Å². The summed E-state index contributed by atoms with van der Waals surface area (Å²) in [6, 6.07) is 0.348. The second-order valence-electron chi connectivity index (χ2n) is 6.53. The molecular formula is C15H29NO3. The molecule has 112 valence electrons. The number of likely N-dealkylation sites (tertiary alicyclic amines) is 1. The molecule has 0 aromatic rings. The van der Waals surface area contributed by atoms with Crippen molar-refractivity contribution in [1.29, 1.82) is 0 Å². The topological polar surface area (TPSA) is 49.8 Å². The molecule has 2 atom stereocenters. The van der Waals surface area contributed by atoms with E-state index in [1.54, 1.807) is 7.11 Å². The maximum Gasteiger partial charge on any atom is 0.310 e. The van der Waals surface area contributed by atoms with E-state index in [4.69, 9.17) is 4.74 Å². The van der Waals surface area contributed by atoms with Crippen molar-refractivity contribution in [3.05, 3.63) is 0 Å². The SMILES string of the molecule is CCC1(C(=O)O)CCCN(C(C)CC(C)(C)OC)C1. The molecule has 2 unspecified atom stereocenters. The molecule has 0 aromatic heterocycles. The molecule has 19 heavy (non-hydrogen) atoms. The molecule has 0 saturated carbocycles. The van der Waals surface area contributed by atoms with Crippen LogP contribution in [0.1, 0.15) is 53.4 Å². The van der Waals surface area contributed by atoms with E-state index in [0.717, 1.165) is 25.8 Å². The van der Waals surface area contributed by atoms with E-state index in [1.165, 1.54) is 0 Å². The third-order valence-electron chi connectivity index (χ3n) is 4.70. The zero-order valence-corrected chi connectivity index (χ0v) is 13.0. The highest BCUT2D eigenvalue weighted by Gasteiger charge is 2.42. The van der Waals surface area contributed by atoms with Gasteiger partial charge in [0, 0.05) is 19.7 Å². The lowest BCUT2D eigenvalue weighted by atomic mass is 9.77. The summed E-state index contributed by atoms with van der Waals surface area (Å²) in [4.78, 5) is 13.9. The van der Waals surface area contributed by atoms with Gasteiger partial charge >= 0.3 is 5.97 Å². The fraction of sp³-hybridized carbons (Fsp3) is 0.933. The number of piperidine rings is 1. The fourth-order valence-electron chi connectivity index (χ4n) is 3.08. The van der Waals surface area contributed by atoms with Crippen molar-refractivity contribution in [2.75, 3.05) is 20.2 Å². The maximum atomic E-state index is 11.6. The van der Waals surface area contributed by atoms with E-state index >= 15 is 0 Å². The first-order valence-electron chi connectivity index (χ1n) is 7.29. The van der Waals surface area contributed by atoms with Gasteiger partial charge in [-0.25, -0.2) is 0 Å². The number of carboxylic acid groups (broad SMARTS) is 1. The lowest BCUT2D eigenvalue weighted by Crippen LogP contribution is -2.51. The highest BCUT2D eigenvalue weighted by atomic mass is 16.5. The molecule has 0 amide bonds. The van der Waals surface area contributed by atoms with E-state index in [2.05, 4.69) is 25.7 Å². The van der Waals surface area contributed by atoms with Crippen LogP contribution in [0.2, 0.25) is 0 Å². The monoisotopic (exact) mass is 271 g/mol. The van der Waals surface area contributed by atoms with Crippen molar-refractivity contribution < 1.29 is 14.6 Å². The summed E-state index contributed by atoms with van der Waals surface area (Å²) in [6.07, 6.45) is 3.40. The fourth-order valence-corrected chi connectivity index (χ4v) is 3.08. The molecule has 1 fully saturated rings. The van der Waals surface area contributed by atoms with Crippen LogP contribution in [0.4, 0.5) is 0 Å². The highest BCUT2D eigenvalue weighted by molar-refractivity contribution is 5.75. The van der Waals surface area contributed by atoms with Crippen molar-refractivity contribution in [3.63, 3.8) is 0 Å². The van der Waals surface area contributed by atoms with Gasteiger partial charge in [-0.3, -0.25) is 9.69 Å². The van der Waals surface area contributed by atoms with Gasteiger partial charge in [-0.2, -0.15) is 0 Å². The Bertz CT molecular complexity index is 317. The van der Waals surface area contributed by atoms with E-state index in [9.17, 15) is 9.90 Å². The molecule has 0 aliphatic carbocycles. The number of methoxy groups -OCH3 is 1. The van der Waals surface area contributed by atoms with Gasteiger partial charge < -0.3 is 9.84 Å². The maximum absolute atomic E-state index is 11.6. The number of aliphatic carboxylic acids is 1. The Balaban J connectivity index is 2.71. The average molecular weight is 271 g/mol. The van der Waals surface area contributed by atoms with Gasteiger partial charge in [0.25, 0.3) is 0 Å². The molecule has 1 rings (SSSR count). The largest absolute Gasteiger partial charge is 0.481 e. The number of nitrogens with zero attached hydrogens (tertiary/aromatic N) is 1. The quantitative estimate of drug-likeness (QED) is 0.807. The lowest BCUT2D eigenvalue weighted by molar-refractivity contribution is -0.153. The summed E-state index contributed by atoms with van der Waals surface area (Å²) >= 11 is 0. The summed E-state index contributed by atoms with van der Waals surface area (Å²) in [5.41, 5.74) is -0.710. The van der Waals surface area contributed by atoms with Gasteiger partial charge in [0.2, 0.25) is 0 Å². The van der Waals surface area contributed by atoms with Crippen LogP contribution in [0.5, 0.6) is 0 Å².